The molecular formula is C12H12N4O3. The lowest BCUT2D eigenvalue weighted by molar-refractivity contribution is 0.0690. The van der Waals surface area contributed by atoms with Gasteiger partial charge in [-0.15, -0.1) is 0 Å². The number of aromatic nitrogens is 3. The second-order valence-corrected chi connectivity index (χ2v) is 3.63. The number of aromatic carboxylic acids is 1. The van der Waals surface area contributed by atoms with Crippen LogP contribution in [0.25, 0.3) is 0 Å². The molecule has 0 atom stereocenters. The van der Waals surface area contributed by atoms with Gasteiger partial charge in [-0.05, 0) is 11.6 Å². The molecule has 0 aromatic carbocycles. The zero-order valence-electron chi connectivity index (χ0n) is 10.2. The monoisotopic (exact) mass is 260 g/mol. The Labute approximate surface area is 109 Å². The molecule has 2 rings (SSSR count). The molecular weight excluding hydrogens is 248 g/mol. The van der Waals surface area contributed by atoms with Crippen molar-refractivity contribution in [2.75, 3.05) is 12.4 Å². The van der Waals surface area contributed by atoms with Gasteiger partial charge in [0.2, 0.25) is 11.8 Å². The van der Waals surface area contributed by atoms with E-state index in [1.807, 2.05) is 6.07 Å². The molecule has 0 unspecified atom stereocenters. The number of hydrogen-bond acceptors (Lipinski definition) is 6. The van der Waals surface area contributed by atoms with Crippen LogP contribution in [0.5, 0.6) is 5.88 Å². The summed E-state index contributed by atoms with van der Waals surface area (Å²) in [6.45, 7) is 0.445. The lowest BCUT2D eigenvalue weighted by Gasteiger charge is -2.05. The predicted molar refractivity (Wildman–Crippen MR) is 67.1 cm³/mol. The van der Waals surface area contributed by atoms with Crippen LogP contribution in [0.2, 0.25) is 0 Å². The second kappa shape index (κ2) is 5.76. The molecule has 0 spiro atoms. The van der Waals surface area contributed by atoms with E-state index in [-0.39, 0.29) is 11.6 Å². The minimum Gasteiger partial charge on any atom is -0.481 e. The first-order chi connectivity index (χ1) is 9.19. The number of rotatable bonds is 5. The molecule has 0 aliphatic heterocycles. The fourth-order valence-corrected chi connectivity index (χ4v) is 1.38. The number of pyridine rings is 1. The van der Waals surface area contributed by atoms with Crippen LogP contribution >= 0.6 is 0 Å². The van der Waals surface area contributed by atoms with Crippen LogP contribution in [0.4, 0.5) is 5.95 Å². The van der Waals surface area contributed by atoms with Gasteiger partial charge < -0.3 is 15.2 Å². The minimum absolute atomic E-state index is 0.0506. The van der Waals surface area contributed by atoms with E-state index >= 15 is 0 Å². The Kier molecular flexibility index (Phi) is 3.87. The maximum Gasteiger partial charge on any atom is 0.354 e. The van der Waals surface area contributed by atoms with Crippen molar-refractivity contribution in [2.24, 2.45) is 0 Å². The first-order valence-corrected chi connectivity index (χ1v) is 5.48. The van der Waals surface area contributed by atoms with Crippen molar-refractivity contribution >= 4 is 11.9 Å². The molecule has 0 fully saturated rings. The average Bonchev–Trinajstić information content (AvgIpc) is 2.46. The van der Waals surface area contributed by atoms with E-state index in [9.17, 15) is 4.79 Å². The summed E-state index contributed by atoms with van der Waals surface area (Å²) in [4.78, 5) is 22.6. The van der Waals surface area contributed by atoms with Crippen LogP contribution in [-0.2, 0) is 6.54 Å². The van der Waals surface area contributed by atoms with E-state index < -0.39 is 5.97 Å². The second-order valence-electron chi connectivity index (χ2n) is 3.63. The average molecular weight is 260 g/mol. The van der Waals surface area contributed by atoms with E-state index in [0.717, 1.165) is 5.56 Å². The van der Waals surface area contributed by atoms with Crippen molar-refractivity contribution in [2.45, 2.75) is 6.54 Å². The lowest BCUT2D eigenvalue weighted by atomic mass is 10.3. The number of ether oxygens (including phenoxy) is 1. The molecule has 2 aromatic rings. The Hall–Kier alpha value is -2.70. The summed E-state index contributed by atoms with van der Waals surface area (Å²) in [5.41, 5.74) is 0.857. The van der Waals surface area contributed by atoms with Gasteiger partial charge in [0.1, 0.15) is 0 Å². The normalized spacial score (nSPS) is 9.95. The van der Waals surface area contributed by atoms with Crippen molar-refractivity contribution in [3.05, 3.63) is 41.9 Å². The third kappa shape index (κ3) is 3.38. The van der Waals surface area contributed by atoms with Crippen molar-refractivity contribution < 1.29 is 14.6 Å². The van der Waals surface area contributed by atoms with E-state index in [1.54, 1.807) is 19.4 Å². The Bertz CT molecular complexity index is 571. The first kappa shape index (κ1) is 12.7. The zero-order valence-corrected chi connectivity index (χ0v) is 10.2. The van der Waals surface area contributed by atoms with Gasteiger partial charge in [-0.2, -0.15) is 0 Å². The summed E-state index contributed by atoms with van der Waals surface area (Å²) >= 11 is 0. The van der Waals surface area contributed by atoms with Crippen LogP contribution < -0.4 is 10.1 Å². The Morgan fingerprint density at radius 2 is 2.21 bits per heavy atom. The Balaban J connectivity index is 2.01. The van der Waals surface area contributed by atoms with Crippen LogP contribution in [0.15, 0.2) is 30.6 Å². The third-order valence-corrected chi connectivity index (χ3v) is 2.33. The van der Waals surface area contributed by atoms with E-state index in [0.29, 0.717) is 12.4 Å². The van der Waals surface area contributed by atoms with E-state index in [1.165, 1.54) is 12.3 Å². The molecule has 98 valence electrons. The Morgan fingerprint density at radius 3 is 2.84 bits per heavy atom. The molecule has 0 saturated heterocycles. The maximum absolute atomic E-state index is 10.8. The van der Waals surface area contributed by atoms with Crippen LogP contribution in [0.3, 0.4) is 0 Å². The first-order valence-electron chi connectivity index (χ1n) is 5.48. The summed E-state index contributed by atoms with van der Waals surface area (Å²) in [6, 6.07) is 4.92. The van der Waals surface area contributed by atoms with Gasteiger partial charge in [-0.1, -0.05) is 6.07 Å². The standard InChI is InChI=1S/C12H12N4O3/c1-19-10-3-2-8(6-14-10)7-15-12-13-5-4-9(16-12)11(17)18/h2-6H,7H2,1H3,(H,17,18)(H,13,15,16). The van der Waals surface area contributed by atoms with Gasteiger partial charge in [0.15, 0.2) is 5.69 Å². The molecule has 0 aliphatic carbocycles. The minimum atomic E-state index is -1.09. The van der Waals surface area contributed by atoms with Gasteiger partial charge in [0.05, 0.1) is 7.11 Å². The lowest BCUT2D eigenvalue weighted by Crippen LogP contribution is -2.07. The largest absolute Gasteiger partial charge is 0.481 e. The summed E-state index contributed by atoms with van der Waals surface area (Å²) in [5, 5.41) is 11.7. The molecule has 7 nitrogen and oxygen atoms in total. The number of anilines is 1. The molecule has 2 heterocycles. The summed E-state index contributed by atoms with van der Waals surface area (Å²) in [6.07, 6.45) is 3.05. The zero-order chi connectivity index (χ0) is 13.7. The maximum atomic E-state index is 10.8. The topological polar surface area (TPSA) is 97.2 Å². The van der Waals surface area contributed by atoms with Crippen molar-refractivity contribution in [1.82, 2.24) is 15.0 Å². The smallest absolute Gasteiger partial charge is 0.354 e. The number of hydrogen-bond donors (Lipinski definition) is 2. The molecule has 0 amide bonds. The molecule has 0 bridgehead atoms. The van der Waals surface area contributed by atoms with E-state index in [4.69, 9.17) is 9.84 Å². The van der Waals surface area contributed by atoms with Crippen LogP contribution in [0.1, 0.15) is 16.1 Å². The molecule has 0 aliphatic rings. The SMILES string of the molecule is COc1ccc(CNc2nccc(C(=O)O)n2)cn1. The van der Waals surface area contributed by atoms with E-state index in [2.05, 4.69) is 20.3 Å². The van der Waals surface area contributed by atoms with Crippen molar-refractivity contribution in [3.8, 4) is 5.88 Å². The number of carbonyl (C=O) groups is 1. The highest BCUT2D eigenvalue weighted by atomic mass is 16.5. The fraction of sp³-hybridized carbons (Fsp3) is 0.167. The number of carboxylic acids is 1. The predicted octanol–water partition coefficient (Wildman–Crippen LogP) is 1.19. The van der Waals surface area contributed by atoms with Gasteiger partial charge in [-0.3, -0.25) is 0 Å². The molecule has 0 saturated carbocycles. The van der Waals surface area contributed by atoms with Gasteiger partial charge in [-0.25, -0.2) is 19.7 Å². The third-order valence-electron chi connectivity index (χ3n) is 2.33. The molecule has 0 radical (unpaired) electrons. The highest BCUT2D eigenvalue weighted by molar-refractivity contribution is 5.85. The molecule has 7 heteroatoms. The molecule has 2 N–H and O–H groups in total. The molecule has 19 heavy (non-hydrogen) atoms. The van der Waals surface area contributed by atoms with Gasteiger partial charge >= 0.3 is 5.97 Å². The quantitative estimate of drug-likeness (QED) is 0.833. The number of nitrogens with zero attached hydrogens (tertiary/aromatic N) is 3. The summed E-state index contributed by atoms with van der Waals surface area (Å²) in [7, 11) is 1.55. The Morgan fingerprint density at radius 1 is 1.37 bits per heavy atom. The summed E-state index contributed by atoms with van der Waals surface area (Å²) < 4.78 is 4.95. The summed E-state index contributed by atoms with van der Waals surface area (Å²) in [5.74, 6) is -0.292. The highest BCUT2D eigenvalue weighted by Gasteiger charge is 2.05. The fourth-order valence-electron chi connectivity index (χ4n) is 1.38. The molecule has 2 aromatic heterocycles. The highest BCUT2D eigenvalue weighted by Crippen LogP contribution is 2.08. The van der Waals surface area contributed by atoms with Crippen molar-refractivity contribution in [1.29, 1.82) is 0 Å². The van der Waals surface area contributed by atoms with Gasteiger partial charge in [0.25, 0.3) is 0 Å². The number of carboxylic acid groups (broad SMARTS) is 1. The van der Waals surface area contributed by atoms with Gasteiger partial charge in [0, 0.05) is 25.0 Å². The number of methoxy groups -OCH3 is 1. The van der Waals surface area contributed by atoms with Crippen LogP contribution in [0, 0.1) is 0 Å². The number of nitrogens with one attached hydrogen (secondary N) is 1. The van der Waals surface area contributed by atoms with Crippen molar-refractivity contribution in [3.63, 3.8) is 0 Å². The van der Waals surface area contributed by atoms with Crippen LogP contribution in [-0.4, -0.2) is 33.1 Å².